The van der Waals surface area contributed by atoms with E-state index in [0.29, 0.717) is 5.75 Å². The zero-order chi connectivity index (χ0) is 15.1. The molecule has 0 spiro atoms. The Bertz CT molecular complexity index is 564. The number of oxazole rings is 1. The number of aromatic hydroxyl groups is 1. The number of hydrogen-bond donors (Lipinski definition) is 1. The topological polar surface area (TPSA) is 46.3 Å². The van der Waals surface area contributed by atoms with Gasteiger partial charge in [-0.05, 0) is 23.0 Å². The van der Waals surface area contributed by atoms with Crippen molar-refractivity contribution in [1.82, 2.24) is 4.98 Å². The van der Waals surface area contributed by atoms with Crippen LogP contribution in [0.15, 0.2) is 29.2 Å². The van der Waals surface area contributed by atoms with Crippen LogP contribution in [0.1, 0.15) is 52.7 Å². The van der Waals surface area contributed by atoms with Gasteiger partial charge in [0.15, 0.2) is 6.39 Å². The van der Waals surface area contributed by atoms with Crippen LogP contribution in [0.3, 0.4) is 0 Å². The van der Waals surface area contributed by atoms with Gasteiger partial charge in [-0.2, -0.15) is 0 Å². The Balaban J connectivity index is 2.74. The van der Waals surface area contributed by atoms with Crippen LogP contribution in [0.25, 0.3) is 11.3 Å². The van der Waals surface area contributed by atoms with Crippen LogP contribution in [0.2, 0.25) is 0 Å². The summed E-state index contributed by atoms with van der Waals surface area (Å²) in [5, 5.41) is 10.6. The first-order valence-corrected chi connectivity index (χ1v) is 6.87. The second-order valence-electron chi connectivity index (χ2n) is 7.29. The van der Waals surface area contributed by atoms with Crippen molar-refractivity contribution in [2.45, 2.75) is 52.4 Å². The number of aromatic nitrogens is 1. The number of phenolic OH excluding ortho intramolecular Hbond substituents is 1. The molecule has 2 rings (SSSR count). The minimum absolute atomic E-state index is 0.135. The summed E-state index contributed by atoms with van der Waals surface area (Å²) in [5.41, 5.74) is 3.37. The second-order valence-corrected chi connectivity index (χ2v) is 7.29. The molecule has 0 saturated heterocycles. The van der Waals surface area contributed by atoms with Crippen molar-refractivity contribution in [3.63, 3.8) is 0 Å². The van der Waals surface area contributed by atoms with Crippen LogP contribution in [0.4, 0.5) is 0 Å². The van der Waals surface area contributed by atoms with E-state index in [-0.39, 0.29) is 10.8 Å². The van der Waals surface area contributed by atoms with Crippen LogP contribution in [0, 0.1) is 0 Å². The molecule has 0 unspecified atom stereocenters. The molecule has 1 aromatic heterocycles. The summed E-state index contributed by atoms with van der Waals surface area (Å²) in [6, 6.07) is 4.00. The van der Waals surface area contributed by atoms with Crippen molar-refractivity contribution in [2.24, 2.45) is 0 Å². The molecule has 2 aromatic rings. The van der Waals surface area contributed by atoms with Crippen molar-refractivity contribution in [2.75, 3.05) is 0 Å². The maximum atomic E-state index is 10.6. The number of benzene rings is 1. The standard InChI is InChI=1S/C17H23NO2/c1-16(2,3)12-7-11(14-9-20-10-18-14)8-13(15(12)19)17(4,5)6/h7-10,19H,1-6H3. The molecule has 3 nitrogen and oxygen atoms in total. The summed E-state index contributed by atoms with van der Waals surface area (Å²) in [5.74, 6) is 0.386. The van der Waals surface area contributed by atoms with Crippen molar-refractivity contribution < 1.29 is 9.52 Å². The first-order chi connectivity index (χ1) is 9.10. The van der Waals surface area contributed by atoms with Crippen molar-refractivity contribution >= 4 is 0 Å². The van der Waals surface area contributed by atoms with Crippen molar-refractivity contribution in [3.05, 3.63) is 35.9 Å². The lowest BCUT2D eigenvalue weighted by Crippen LogP contribution is -2.17. The number of rotatable bonds is 1. The van der Waals surface area contributed by atoms with Crippen LogP contribution < -0.4 is 0 Å². The third kappa shape index (κ3) is 2.72. The Labute approximate surface area is 120 Å². The molecule has 0 radical (unpaired) electrons. The zero-order valence-corrected chi connectivity index (χ0v) is 13.1. The summed E-state index contributed by atoms with van der Waals surface area (Å²) < 4.78 is 5.08. The highest BCUT2D eigenvalue weighted by Crippen LogP contribution is 2.41. The Kier molecular flexibility index (Phi) is 3.41. The van der Waals surface area contributed by atoms with Gasteiger partial charge in [0.2, 0.25) is 0 Å². The van der Waals surface area contributed by atoms with E-state index in [1.165, 1.54) is 6.39 Å². The summed E-state index contributed by atoms with van der Waals surface area (Å²) in [4.78, 5) is 4.21. The quantitative estimate of drug-likeness (QED) is 0.823. The van der Waals surface area contributed by atoms with Gasteiger partial charge in [0, 0.05) is 16.7 Å². The number of hydrogen-bond acceptors (Lipinski definition) is 3. The predicted octanol–water partition coefficient (Wildman–Crippen LogP) is 4.64. The van der Waals surface area contributed by atoms with Crippen LogP contribution in [0.5, 0.6) is 5.75 Å². The first kappa shape index (κ1) is 14.6. The van der Waals surface area contributed by atoms with Gasteiger partial charge >= 0.3 is 0 Å². The normalized spacial score (nSPS) is 12.7. The fraction of sp³-hybridized carbons (Fsp3) is 0.471. The van der Waals surface area contributed by atoms with Gasteiger partial charge in [0.1, 0.15) is 17.7 Å². The molecule has 0 atom stereocenters. The highest BCUT2D eigenvalue weighted by atomic mass is 16.3. The average Bonchev–Trinajstić information content (AvgIpc) is 2.79. The molecule has 3 heteroatoms. The van der Waals surface area contributed by atoms with Gasteiger partial charge < -0.3 is 9.52 Å². The van der Waals surface area contributed by atoms with Crippen LogP contribution in [-0.4, -0.2) is 10.1 Å². The van der Waals surface area contributed by atoms with E-state index in [1.807, 2.05) is 12.1 Å². The molecule has 0 saturated carbocycles. The molecule has 20 heavy (non-hydrogen) atoms. The van der Waals surface area contributed by atoms with E-state index in [0.717, 1.165) is 22.4 Å². The summed E-state index contributed by atoms with van der Waals surface area (Å²) in [6.45, 7) is 12.6. The van der Waals surface area contributed by atoms with Gasteiger partial charge in [0.05, 0.1) is 0 Å². The largest absolute Gasteiger partial charge is 0.507 e. The predicted molar refractivity (Wildman–Crippen MR) is 81.0 cm³/mol. The Hall–Kier alpha value is -1.77. The molecule has 0 amide bonds. The van der Waals surface area contributed by atoms with Crippen LogP contribution >= 0.6 is 0 Å². The zero-order valence-electron chi connectivity index (χ0n) is 13.1. The molecular weight excluding hydrogens is 250 g/mol. The molecule has 0 aliphatic carbocycles. The van der Waals surface area contributed by atoms with Gasteiger partial charge in [-0.25, -0.2) is 4.98 Å². The molecule has 1 aromatic carbocycles. The maximum absolute atomic E-state index is 10.6. The van der Waals surface area contributed by atoms with E-state index in [1.54, 1.807) is 6.26 Å². The highest BCUT2D eigenvalue weighted by molar-refractivity contribution is 5.65. The van der Waals surface area contributed by atoms with E-state index in [2.05, 4.69) is 46.5 Å². The lowest BCUT2D eigenvalue weighted by molar-refractivity contribution is 0.423. The monoisotopic (exact) mass is 273 g/mol. The van der Waals surface area contributed by atoms with Crippen LogP contribution in [-0.2, 0) is 10.8 Å². The Morgan fingerprint density at radius 1 is 0.950 bits per heavy atom. The molecule has 1 N–H and O–H groups in total. The molecule has 108 valence electrons. The van der Waals surface area contributed by atoms with Gasteiger partial charge in [0.25, 0.3) is 0 Å². The SMILES string of the molecule is CC(C)(C)c1cc(-c2cocn2)cc(C(C)(C)C)c1O. The third-order valence-corrected chi connectivity index (χ3v) is 3.45. The third-order valence-electron chi connectivity index (χ3n) is 3.45. The summed E-state index contributed by atoms with van der Waals surface area (Å²) >= 11 is 0. The minimum atomic E-state index is -0.135. The molecular formula is C17H23NO2. The van der Waals surface area contributed by atoms with Crippen molar-refractivity contribution in [3.8, 4) is 17.0 Å². The lowest BCUT2D eigenvalue weighted by atomic mass is 9.78. The van der Waals surface area contributed by atoms with Gasteiger partial charge in [-0.15, -0.1) is 0 Å². The maximum Gasteiger partial charge on any atom is 0.181 e. The molecule has 0 fully saturated rings. The number of phenols is 1. The molecule has 0 aliphatic heterocycles. The summed E-state index contributed by atoms with van der Waals surface area (Å²) in [6.07, 6.45) is 3.06. The number of nitrogens with zero attached hydrogens (tertiary/aromatic N) is 1. The minimum Gasteiger partial charge on any atom is -0.507 e. The second kappa shape index (κ2) is 4.65. The average molecular weight is 273 g/mol. The lowest BCUT2D eigenvalue weighted by Gasteiger charge is -2.28. The van der Waals surface area contributed by atoms with Crippen molar-refractivity contribution in [1.29, 1.82) is 0 Å². The van der Waals surface area contributed by atoms with Gasteiger partial charge in [-0.1, -0.05) is 41.5 Å². The molecule has 0 aliphatic rings. The first-order valence-electron chi connectivity index (χ1n) is 6.87. The van der Waals surface area contributed by atoms with E-state index in [9.17, 15) is 5.11 Å². The van der Waals surface area contributed by atoms with E-state index >= 15 is 0 Å². The fourth-order valence-corrected chi connectivity index (χ4v) is 2.28. The highest BCUT2D eigenvalue weighted by Gasteiger charge is 2.27. The fourth-order valence-electron chi connectivity index (χ4n) is 2.28. The Morgan fingerprint density at radius 2 is 1.45 bits per heavy atom. The van der Waals surface area contributed by atoms with E-state index < -0.39 is 0 Å². The molecule has 1 heterocycles. The molecule has 0 bridgehead atoms. The Morgan fingerprint density at radius 3 is 1.80 bits per heavy atom. The smallest absolute Gasteiger partial charge is 0.181 e. The van der Waals surface area contributed by atoms with E-state index in [4.69, 9.17) is 4.42 Å². The summed E-state index contributed by atoms with van der Waals surface area (Å²) in [7, 11) is 0. The van der Waals surface area contributed by atoms with Gasteiger partial charge in [-0.3, -0.25) is 0 Å².